The van der Waals surface area contributed by atoms with E-state index in [9.17, 15) is 14.4 Å². The summed E-state index contributed by atoms with van der Waals surface area (Å²) >= 11 is 1.07. The summed E-state index contributed by atoms with van der Waals surface area (Å²) in [7, 11) is 0. The second-order valence-corrected chi connectivity index (χ2v) is 8.80. The van der Waals surface area contributed by atoms with E-state index in [-0.39, 0.29) is 23.5 Å². The van der Waals surface area contributed by atoms with Gasteiger partial charge in [0.25, 0.3) is 5.91 Å². The van der Waals surface area contributed by atoms with E-state index in [2.05, 4.69) is 10.4 Å². The summed E-state index contributed by atoms with van der Waals surface area (Å²) in [5.41, 5.74) is 3.17. The van der Waals surface area contributed by atoms with Crippen LogP contribution in [0.25, 0.3) is 0 Å². The third-order valence-corrected chi connectivity index (χ3v) is 6.50. The summed E-state index contributed by atoms with van der Waals surface area (Å²) < 4.78 is 5.75. The van der Waals surface area contributed by atoms with E-state index in [0.717, 1.165) is 22.9 Å². The maximum Gasteiger partial charge on any atom is 0.271 e. The van der Waals surface area contributed by atoms with Crippen molar-refractivity contribution in [3.63, 3.8) is 0 Å². The van der Waals surface area contributed by atoms with Gasteiger partial charge in [0, 0.05) is 25.0 Å². The van der Waals surface area contributed by atoms with Gasteiger partial charge in [-0.3, -0.25) is 14.4 Å². The maximum atomic E-state index is 14.0. The number of rotatable bonds is 4. The van der Waals surface area contributed by atoms with E-state index >= 15 is 0 Å². The van der Waals surface area contributed by atoms with E-state index in [0.29, 0.717) is 23.6 Å². The molecule has 1 spiro atoms. The van der Waals surface area contributed by atoms with E-state index in [1.54, 1.807) is 4.90 Å². The summed E-state index contributed by atoms with van der Waals surface area (Å²) in [6, 6.07) is 13.3. The lowest BCUT2D eigenvalue weighted by Crippen LogP contribution is -2.48. The third kappa shape index (κ3) is 3.52. The van der Waals surface area contributed by atoms with Gasteiger partial charge in [-0.15, -0.1) is 5.10 Å². The third-order valence-electron chi connectivity index (χ3n) is 5.26. The first kappa shape index (κ1) is 21.9. The Kier molecular flexibility index (Phi) is 5.68. The molecule has 2 aromatic rings. The van der Waals surface area contributed by atoms with Crippen LogP contribution in [0.2, 0.25) is 0 Å². The topological polar surface area (TPSA) is 91.3 Å². The number of hydrogen-bond donors (Lipinski definition) is 1. The van der Waals surface area contributed by atoms with Crippen molar-refractivity contribution in [2.75, 3.05) is 11.5 Å². The Balaban J connectivity index is 1.82. The molecule has 9 heteroatoms. The lowest BCUT2D eigenvalue weighted by Gasteiger charge is -2.29. The predicted molar refractivity (Wildman–Crippen MR) is 123 cm³/mol. The quantitative estimate of drug-likeness (QED) is 0.770. The van der Waals surface area contributed by atoms with Crippen LogP contribution < -0.4 is 15.0 Å². The number of para-hydroxylation sites is 1. The van der Waals surface area contributed by atoms with E-state index in [1.807, 2.05) is 56.3 Å². The van der Waals surface area contributed by atoms with Gasteiger partial charge in [-0.25, -0.2) is 0 Å². The monoisotopic (exact) mass is 452 g/mol. The molecule has 0 aliphatic carbocycles. The molecule has 2 aliphatic heterocycles. The minimum absolute atomic E-state index is 0.213. The standard InChI is InChI=1S/C23H24N4O4S/c1-5-31-20-9-7-6-8-17(20)13-26-19-11-10-14(2)12-18(19)23(21(26)30)27(16(4)29)25-22(32-23)24-15(3)28/h6-12H,5,13H2,1-4H3,(H,24,25,28)/t23-/m0/s1. The van der Waals surface area contributed by atoms with Crippen molar-refractivity contribution in [2.45, 2.75) is 39.1 Å². The number of anilines is 1. The lowest BCUT2D eigenvalue weighted by molar-refractivity contribution is -0.139. The van der Waals surface area contributed by atoms with Gasteiger partial charge in [0.15, 0.2) is 5.17 Å². The van der Waals surface area contributed by atoms with E-state index < -0.39 is 10.8 Å². The molecule has 0 saturated heterocycles. The normalized spacial score (nSPS) is 19.2. The molecule has 0 fully saturated rings. The van der Waals surface area contributed by atoms with Crippen LogP contribution >= 0.6 is 11.8 Å². The number of thioether (sulfide) groups is 1. The Morgan fingerprint density at radius 1 is 1.19 bits per heavy atom. The average molecular weight is 453 g/mol. The van der Waals surface area contributed by atoms with Crippen molar-refractivity contribution in [1.82, 2.24) is 10.3 Å². The number of carbonyl (C=O) groups excluding carboxylic acids is 3. The molecule has 8 nitrogen and oxygen atoms in total. The molecule has 0 unspecified atom stereocenters. The van der Waals surface area contributed by atoms with Crippen LogP contribution in [0.15, 0.2) is 47.6 Å². The first-order valence-corrected chi connectivity index (χ1v) is 11.1. The van der Waals surface area contributed by atoms with Crippen LogP contribution in [0.5, 0.6) is 5.75 Å². The number of aryl methyl sites for hydroxylation is 1. The Morgan fingerprint density at radius 3 is 2.62 bits per heavy atom. The summed E-state index contributed by atoms with van der Waals surface area (Å²) in [6.45, 7) is 7.33. The van der Waals surface area contributed by atoms with Crippen molar-refractivity contribution in [3.05, 3.63) is 59.2 Å². The van der Waals surface area contributed by atoms with Gasteiger partial charge >= 0.3 is 0 Å². The van der Waals surface area contributed by atoms with Crippen LogP contribution in [0.1, 0.15) is 37.5 Å². The SMILES string of the molecule is CCOc1ccccc1CN1C(=O)[C@@]2(SC(NC(C)=O)=NN2C(C)=O)c2cc(C)ccc21. The molecule has 1 atom stereocenters. The van der Waals surface area contributed by atoms with E-state index in [4.69, 9.17) is 4.74 Å². The highest BCUT2D eigenvalue weighted by Gasteiger charge is 2.61. The van der Waals surface area contributed by atoms with Crippen LogP contribution in [-0.2, 0) is 25.8 Å². The predicted octanol–water partition coefficient (Wildman–Crippen LogP) is 3.10. The van der Waals surface area contributed by atoms with Crippen LogP contribution in [0, 0.1) is 6.92 Å². The number of amidine groups is 1. The molecule has 32 heavy (non-hydrogen) atoms. The summed E-state index contributed by atoms with van der Waals surface area (Å²) in [6.07, 6.45) is 0. The molecule has 0 aromatic heterocycles. The zero-order valence-corrected chi connectivity index (χ0v) is 19.2. The Labute approximate surface area is 190 Å². The van der Waals surface area contributed by atoms with Gasteiger partial charge < -0.3 is 15.0 Å². The molecule has 0 bridgehead atoms. The van der Waals surface area contributed by atoms with Gasteiger partial charge in [0.05, 0.1) is 18.8 Å². The van der Waals surface area contributed by atoms with Crippen LogP contribution in [0.4, 0.5) is 5.69 Å². The van der Waals surface area contributed by atoms with Gasteiger partial charge in [0.2, 0.25) is 16.7 Å². The number of hydrogen-bond acceptors (Lipinski definition) is 6. The molecule has 0 saturated carbocycles. The summed E-state index contributed by atoms with van der Waals surface area (Å²) in [5.74, 6) is -0.312. The minimum atomic E-state index is -1.41. The highest BCUT2D eigenvalue weighted by atomic mass is 32.2. The summed E-state index contributed by atoms with van der Waals surface area (Å²) in [4.78, 5) is 38.5. The molecule has 4 rings (SSSR count). The Bertz CT molecular complexity index is 1150. The fraction of sp³-hybridized carbons (Fsp3) is 0.304. The Morgan fingerprint density at radius 2 is 1.94 bits per heavy atom. The fourth-order valence-corrected chi connectivity index (χ4v) is 5.31. The largest absolute Gasteiger partial charge is 0.494 e. The number of ether oxygens (including phenoxy) is 1. The maximum absolute atomic E-state index is 14.0. The number of nitrogens with one attached hydrogen (secondary N) is 1. The van der Waals surface area contributed by atoms with Crippen molar-refractivity contribution in [3.8, 4) is 5.75 Å². The lowest BCUT2D eigenvalue weighted by atomic mass is 10.0. The molecule has 1 N–H and O–H groups in total. The number of nitrogens with zero attached hydrogens (tertiary/aromatic N) is 3. The molecule has 3 amide bonds. The van der Waals surface area contributed by atoms with Gasteiger partial charge in [-0.05, 0) is 37.7 Å². The van der Waals surface area contributed by atoms with Crippen LogP contribution in [0.3, 0.4) is 0 Å². The Hall–Kier alpha value is -3.33. The minimum Gasteiger partial charge on any atom is -0.494 e. The van der Waals surface area contributed by atoms with Crippen LogP contribution in [-0.4, -0.2) is 34.5 Å². The second kappa shape index (κ2) is 8.31. The fourth-order valence-electron chi connectivity index (χ4n) is 3.98. The second-order valence-electron chi connectivity index (χ2n) is 7.62. The zero-order valence-electron chi connectivity index (χ0n) is 18.3. The molecule has 166 valence electrons. The van der Waals surface area contributed by atoms with Gasteiger partial charge in [0.1, 0.15) is 5.75 Å². The molecule has 0 radical (unpaired) electrons. The first-order chi connectivity index (χ1) is 15.3. The summed E-state index contributed by atoms with van der Waals surface area (Å²) in [5, 5.41) is 8.30. The van der Waals surface area contributed by atoms with Crippen molar-refractivity contribution < 1.29 is 19.1 Å². The molecular formula is C23H24N4O4S. The number of carbonyl (C=O) groups is 3. The van der Waals surface area contributed by atoms with Crippen molar-refractivity contribution in [1.29, 1.82) is 0 Å². The molecular weight excluding hydrogens is 428 g/mol. The number of hydrazone groups is 1. The molecule has 2 aliphatic rings. The van der Waals surface area contributed by atoms with Gasteiger partial charge in [-0.2, -0.15) is 5.01 Å². The molecule has 2 aromatic carbocycles. The smallest absolute Gasteiger partial charge is 0.271 e. The number of fused-ring (bicyclic) bond motifs is 2. The first-order valence-electron chi connectivity index (χ1n) is 10.3. The zero-order chi connectivity index (χ0) is 23.0. The average Bonchev–Trinajstić information content (AvgIpc) is 3.22. The molecule has 2 heterocycles. The highest BCUT2D eigenvalue weighted by molar-refractivity contribution is 8.15. The number of benzene rings is 2. The number of amides is 3. The van der Waals surface area contributed by atoms with E-state index in [1.165, 1.54) is 18.9 Å². The highest BCUT2D eigenvalue weighted by Crippen LogP contribution is 2.55. The van der Waals surface area contributed by atoms with Gasteiger partial charge in [-0.1, -0.05) is 35.9 Å². The van der Waals surface area contributed by atoms with Crippen molar-refractivity contribution >= 4 is 40.3 Å². The van der Waals surface area contributed by atoms with Crippen molar-refractivity contribution in [2.24, 2.45) is 5.10 Å².